The molecular formula is C17H16N4OS. The van der Waals surface area contributed by atoms with E-state index in [0.717, 1.165) is 9.79 Å². The van der Waals surface area contributed by atoms with Gasteiger partial charge in [-0.3, -0.25) is 0 Å². The summed E-state index contributed by atoms with van der Waals surface area (Å²) >= 11 is 1.61. The molecule has 4 N–H and O–H groups in total. The number of aryl methyl sites for hydroxylation is 1. The first-order valence-corrected chi connectivity index (χ1v) is 7.84. The van der Waals surface area contributed by atoms with Crippen LogP contribution in [0, 0.1) is 6.92 Å². The molecule has 0 atom stereocenters. The van der Waals surface area contributed by atoms with Crippen molar-refractivity contribution in [2.75, 3.05) is 11.1 Å². The van der Waals surface area contributed by atoms with E-state index >= 15 is 0 Å². The van der Waals surface area contributed by atoms with Crippen LogP contribution in [0.15, 0.2) is 64.6 Å². The minimum atomic E-state index is 0.124. The largest absolute Gasteiger partial charge is 0.508 e. The van der Waals surface area contributed by atoms with Crippen molar-refractivity contribution >= 4 is 29.1 Å². The highest BCUT2D eigenvalue weighted by Crippen LogP contribution is 2.28. The minimum absolute atomic E-state index is 0.124. The smallest absolute Gasteiger partial charge is 0.227 e. The lowest BCUT2D eigenvalue weighted by molar-refractivity contribution is 0.476. The van der Waals surface area contributed by atoms with E-state index in [9.17, 15) is 5.11 Å². The van der Waals surface area contributed by atoms with Crippen LogP contribution >= 0.6 is 11.8 Å². The second kappa shape index (κ2) is 6.58. The molecule has 3 rings (SSSR count). The summed E-state index contributed by atoms with van der Waals surface area (Å²) in [6.07, 6.45) is 3.52. The number of nitrogens with zero attached hydrogens (tertiary/aromatic N) is 2. The fourth-order valence-corrected chi connectivity index (χ4v) is 2.72. The summed E-state index contributed by atoms with van der Waals surface area (Å²) in [4.78, 5) is 10.7. The third-order valence-corrected chi connectivity index (χ3v) is 4.12. The number of hydrogen-bond acceptors (Lipinski definition) is 6. The van der Waals surface area contributed by atoms with Crippen LogP contribution in [0.3, 0.4) is 0 Å². The maximum atomic E-state index is 9.36. The van der Waals surface area contributed by atoms with Gasteiger partial charge < -0.3 is 16.2 Å². The van der Waals surface area contributed by atoms with E-state index in [0.29, 0.717) is 17.3 Å². The van der Waals surface area contributed by atoms with Gasteiger partial charge in [-0.15, -0.1) is 0 Å². The molecule has 1 heterocycles. The number of phenols is 1. The molecule has 0 unspecified atom stereocenters. The predicted molar refractivity (Wildman–Crippen MR) is 93.1 cm³/mol. The first-order chi connectivity index (χ1) is 11.1. The maximum Gasteiger partial charge on any atom is 0.227 e. The van der Waals surface area contributed by atoms with E-state index < -0.39 is 0 Å². The van der Waals surface area contributed by atoms with E-state index in [-0.39, 0.29) is 5.75 Å². The summed E-state index contributed by atoms with van der Waals surface area (Å²) in [6, 6.07) is 13.0. The van der Waals surface area contributed by atoms with E-state index in [1.165, 1.54) is 11.6 Å². The molecule has 6 heteroatoms. The Kier molecular flexibility index (Phi) is 4.34. The molecule has 0 fully saturated rings. The number of nitrogens with one attached hydrogen (secondary N) is 1. The standard InChI is InChI=1S/C17H16N4OS/c1-11-2-5-13(6-3-11)23-14-9-19-17(20-10-14)21-16-7-4-12(22)8-15(16)18/h2-10,22H,18H2,1H3,(H,19,20,21). The summed E-state index contributed by atoms with van der Waals surface area (Å²) in [5.74, 6) is 0.578. The summed E-state index contributed by atoms with van der Waals surface area (Å²) in [5, 5.41) is 12.4. The molecule has 0 aliphatic heterocycles. The number of aromatic nitrogens is 2. The third kappa shape index (κ3) is 3.92. The summed E-state index contributed by atoms with van der Waals surface area (Å²) in [5.41, 5.74) is 8.16. The Hall–Kier alpha value is -2.73. The Bertz CT molecular complexity index is 804. The molecule has 0 amide bonds. The second-order valence-electron chi connectivity index (χ2n) is 5.05. The highest BCUT2D eigenvalue weighted by Gasteiger charge is 2.04. The van der Waals surface area contributed by atoms with Crippen molar-refractivity contribution in [2.24, 2.45) is 0 Å². The first kappa shape index (κ1) is 15.2. The fraction of sp³-hybridized carbons (Fsp3) is 0.0588. The first-order valence-electron chi connectivity index (χ1n) is 7.02. The van der Waals surface area contributed by atoms with Gasteiger partial charge in [-0.1, -0.05) is 29.5 Å². The van der Waals surface area contributed by atoms with Crippen LogP contribution in [0.4, 0.5) is 17.3 Å². The van der Waals surface area contributed by atoms with Gasteiger partial charge >= 0.3 is 0 Å². The van der Waals surface area contributed by atoms with Crippen LogP contribution in [-0.2, 0) is 0 Å². The van der Waals surface area contributed by atoms with Gasteiger partial charge in [-0.25, -0.2) is 9.97 Å². The minimum Gasteiger partial charge on any atom is -0.508 e. The monoisotopic (exact) mass is 324 g/mol. The van der Waals surface area contributed by atoms with Gasteiger partial charge in [0.05, 0.1) is 11.4 Å². The number of nitrogen functional groups attached to an aromatic ring is 1. The van der Waals surface area contributed by atoms with Gasteiger partial charge in [0.15, 0.2) is 0 Å². The van der Waals surface area contributed by atoms with E-state index in [1.807, 2.05) is 0 Å². The Balaban J connectivity index is 1.70. The molecule has 0 bridgehead atoms. The molecule has 0 aliphatic carbocycles. The van der Waals surface area contributed by atoms with Gasteiger partial charge in [-0.2, -0.15) is 0 Å². The number of aromatic hydroxyl groups is 1. The highest BCUT2D eigenvalue weighted by molar-refractivity contribution is 7.99. The van der Waals surface area contributed by atoms with E-state index in [1.54, 1.807) is 36.3 Å². The molecular weight excluding hydrogens is 308 g/mol. The molecule has 0 spiro atoms. The zero-order valence-corrected chi connectivity index (χ0v) is 13.3. The lowest BCUT2D eigenvalue weighted by Crippen LogP contribution is -1.99. The number of anilines is 3. The molecule has 0 aliphatic rings. The van der Waals surface area contributed by atoms with Crippen LogP contribution in [0.5, 0.6) is 5.75 Å². The van der Waals surface area contributed by atoms with Crippen molar-refractivity contribution < 1.29 is 5.11 Å². The molecule has 116 valence electrons. The predicted octanol–water partition coefficient (Wildman–Crippen LogP) is 3.97. The average molecular weight is 324 g/mol. The number of rotatable bonds is 4. The highest BCUT2D eigenvalue weighted by atomic mass is 32.2. The maximum absolute atomic E-state index is 9.36. The number of nitrogens with two attached hydrogens (primary N) is 1. The lowest BCUT2D eigenvalue weighted by Gasteiger charge is -2.08. The van der Waals surface area contributed by atoms with Crippen LogP contribution < -0.4 is 11.1 Å². The van der Waals surface area contributed by atoms with Crippen molar-refractivity contribution in [3.8, 4) is 5.75 Å². The van der Waals surface area contributed by atoms with E-state index in [2.05, 4.69) is 46.5 Å². The van der Waals surface area contributed by atoms with Crippen LogP contribution in [0.1, 0.15) is 5.56 Å². The molecule has 1 aromatic heterocycles. The number of hydrogen-bond donors (Lipinski definition) is 3. The van der Waals surface area contributed by atoms with Crippen molar-refractivity contribution in [1.82, 2.24) is 9.97 Å². The van der Waals surface area contributed by atoms with Crippen molar-refractivity contribution in [3.63, 3.8) is 0 Å². The van der Waals surface area contributed by atoms with Crippen LogP contribution in [0.2, 0.25) is 0 Å². The summed E-state index contributed by atoms with van der Waals surface area (Å²) in [6.45, 7) is 2.06. The second-order valence-corrected chi connectivity index (χ2v) is 6.20. The normalized spacial score (nSPS) is 10.5. The zero-order chi connectivity index (χ0) is 16.2. The summed E-state index contributed by atoms with van der Waals surface area (Å²) in [7, 11) is 0. The number of phenolic OH excluding ortho intramolecular Hbond substituents is 1. The topological polar surface area (TPSA) is 84.1 Å². The Labute approximate surface area is 138 Å². The molecule has 0 radical (unpaired) electrons. The molecule has 23 heavy (non-hydrogen) atoms. The van der Waals surface area contributed by atoms with Crippen molar-refractivity contribution in [3.05, 3.63) is 60.4 Å². The van der Waals surface area contributed by atoms with Crippen molar-refractivity contribution in [1.29, 1.82) is 0 Å². The third-order valence-electron chi connectivity index (χ3n) is 3.17. The van der Waals surface area contributed by atoms with Crippen LogP contribution in [0.25, 0.3) is 0 Å². The molecule has 0 saturated heterocycles. The van der Waals surface area contributed by atoms with Crippen molar-refractivity contribution in [2.45, 2.75) is 16.7 Å². The molecule has 0 saturated carbocycles. The molecule has 3 aromatic rings. The van der Waals surface area contributed by atoms with Gasteiger partial charge in [0.25, 0.3) is 0 Å². The quantitative estimate of drug-likeness (QED) is 0.497. The molecule has 5 nitrogen and oxygen atoms in total. The Morgan fingerprint density at radius 3 is 2.35 bits per heavy atom. The average Bonchev–Trinajstić information content (AvgIpc) is 2.54. The Morgan fingerprint density at radius 1 is 1.00 bits per heavy atom. The lowest BCUT2D eigenvalue weighted by atomic mass is 10.2. The Morgan fingerprint density at radius 2 is 1.70 bits per heavy atom. The number of benzene rings is 2. The van der Waals surface area contributed by atoms with Gasteiger partial charge in [0.1, 0.15) is 5.75 Å². The van der Waals surface area contributed by atoms with Gasteiger partial charge in [0.2, 0.25) is 5.95 Å². The fourth-order valence-electron chi connectivity index (χ4n) is 1.96. The van der Waals surface area contributed by atoms with E-state index in [4.69, 9.17) is 5.73 Å². The SMILES string of the molecule is Cc1ccc(Sc2cnc(Nc3ccc(O)cc3N)nc2)cc1. The van der Waals surface area contributed by atoms with Gasteiger partial charge in [-0.05, 0) is 31.2 Å². The van der Waals surface area contributed by atoms with Gasteiger partial charge in [0, 0.05) is 28.3 Å². The molecule has 2 aromatic carbocycles. The summed E-state index contributed by atoms with van der Waals surface area (Å²) < 4.78 is 0. The van der Waals surface area contributed by atoms with Crippen LogP contribution in [-0.4, -0.2) is 15.1 Å². The zero-order valence-electron chi connectivity index (χ0n) is 12.5.